The Morgan fingerprint density at radius 2 is 1.95 bits per heavy atom. The number of carbonyl (C=O) groups excluding carboxylic acids is 1. The zero-order valence-corrected chi connectivity index (χ0v) is 22.8. The fourth-order valence-electron chi connectivity index (χ4n) is 5.84. The number of fused-ring (bicyclic) bond motifs is 1. The van der Waals surface area contributed by atoms with Crippen molar-refractivity contribution in [3.05, 3.63) is 83.3 Å². The standard InChI is InChI=1S/C30H34FN7O2/c1-20-28(26-17-24-12-7-13-37(24)34-26)35-38(23-10-4-3-5-11-23)29(20)33-30(39)32-27-19-36(14-15-40-2)18-25(27)21-8-6-9-22(31)16-21/h3-6,8-11,16-17,25,27H,7,12-15,18-19H2,1-2H3,(H2,32,33,39)/t25-,27+/m0/s1. The zero-order chi connectivity index (χ0) is 27.6. The number of aryl methyl sites for hydroxylation is 2. The molecule has 9 nitrogen and oxygen atoms in total. The van der Waals surface area contributed by atoms with Crippen molar-refractivity contribution in [3.63, 3.8) is 0 Å². The molecule has 2 aromatic carbocycles. The predicted molar refractivity (Wildman–Crippen MR) is 151 cm³/mol. The largest absolute Gasteiger partial charge is 0.383 e. The average molecular weight is 544 g/mol. The molecule has 2 amide bonds. The van der Waals surface area contributed by atoms with Gasteiger partial charge in [0, 0.05) is 50.5 Å². The molecule has 2 aliphatic heterocycles. The number of ether oxygens (including phenoxy) is 1. The molecule has 0 radical (unpaired) electrons. The number of urea groups is 1. The van der Waals surface area contributed by atoms with Crippen molar-refractivity contribution in [2.24, 2.45) is 0 Å². The molecule has 0 unspecified atom stereocenters. The lowest BCUT2D eigenvalue weighted by atomic mass is 9.94. The SMILES string of the molecule is COCCN1C[C@@H](NC(=O)Nc2c(C)c(-c3cc4n(n3)CCC4)nn2-c2ccccc2)[C@H](c2cccc(F)c2)C1. The van der Waals surface area contributed by atoms with Crippen molar-refractivity contribution in [1.82, 2.24) is 29.8 Å². The molecule has 10 heteroatoms. The summed E-state index contributed by atoms with van der Waals surface area (Å²) in [6, 6.07) is 17.9. The average Bonchev–Trinajstić information content (AvgIpc) is 3.72. The highest BCUT2D eigenvalue weighted by molar-refractivity contribution is 5.91. The van der Waals surface area contributed by atoms with Crippen molar-refractivity contribution in [2.75, 3.05) is 38.7 Å². The number of nitrogens with one attached hydrogen (secondary N) is 2. The third-order valence-electron chi connectivity index (χ3n) is 7.86. The Bertz CT molecular complexity index is 1480. The number of carbonyl (C=O) groups is 1. The van der Waals surface area contributed by atoms with E-state index in [4.69, 9.17) is 14.9 Å². The number of halogens is 1. The maximum Gasteiger partial charge on any atom is 0.320 e. The monoisotopic (exact) mass is 543 g/mol. The number of hydrogen-bond donors (Lipinski definition) is 2. The molecular formula is C30H34FN7O2. The van der Waals surface area contributed by atoms with E-state index in [9.17, 15) is 9.18 Å². The van der Waals surface area contributed by atoms with Crippen molar-refractivity contribution in [3.8, 4) is 17.1 Å². The highest BCUT2D eigenvalue weighted by Crippen LogP contribution is 2.32. The van der Waals surface area contributed by atoms with Gasteiger partial charge in [-0.2, -0.15) is 10.2 Å². The van der Waals surface area contributed by atoms with Gasteiger partial charge in [-0.1, -0.05) is 30.3 Å². The molecule has 2 aliphatic rings. The van der Waals surface area contributed by atoms with Crippen molar-refractivity contribution >= 4 is 11.8 Å². The van der Waals surface area contributed by atoms with Crippen molar-refractivity contribution in [1.29, 1.82) is 0 Å². The first-order valence-electron chi connectivity index (χ1n) is 13.8. The first-order valence-corrected chi connectivity index (χ1v) is 13.8. The lowest BCUT2D eigenvalue weighted by molar-refractivity contribution is 0.159. The molecule has 1 fully saturated rings. The number of amides is 2. The van der Waals surface area contributed by atoms with Crippen LogP contribution in [-0.4, -0.2) is 69.9 Å². The van der Waals surface area contributed by atoms with E-state index < -0.39 is 0 Å². The van der Waals surface area contributed by atoms with E-state index in [1.165, 1.54) is 11.8 Å². The summed E-state index contributed by atoms with van der Waals surface area (Å²) in [5, 5.41) is 15.9. The fourth-order valence-corrected chi connectivity index (χ4v) is 5.84. The van der Waals surface area contributed by atoms with E-state index in [0.29, 0.717) is 25.5 Å². The first-order chi connectivity index (χ1) is 19.5. The molecule has 40 heavy (non-hydrogen) atoms. The summed E-state index contributed by atoms with van der Waals surface area (Å²) in [5.41, 5.74) is 5.30. The lowest BCUT2D eigenvalue weighted by Crippen LogP contribution is -2.42. The molecular weight excluding hydrogens is 509 g/mol. The van der Waals surface area contributed by atoms with E-state index in [1.54, 1.807) is 23.9 Å². The van der Waals surface area contributed by atoms with E-state index in [2.05, 4.69) is 21.6 Å². The lowest BCUT2D eigenvalue weighted by Gasteiger charge is -2.21. The van der Waals surface area contributed by atoms with Crippen LogP contribution in [0.1, 0.15) is 29.2 Å². The molecule has 4 aromatic rings. The van der Waals surface area contributed by atoms with E-state index in [0.717, 1.165) is 54.1 Å². The Morgan fingerprint density at radius 3 is 2.73 bits per heavy atom. The molecule has 1 saturated heterocycles. The second kappa shape index (κ2) is 11.2. The summed E-state index contributed by atoms with van der Waals surface area (Å²) in [6.07, 6.45) is 2.11. The minimum atomic E-state index is -0.334. The second-order valence-corrected chi connectivity index (χ2v) is 10.5. The van der Waals surface area contributed by atoms with Gasteiger partial charge in [0.25, 0.3) is 0 Å². The van der Waals surface area contributed by atoms with Gasteiger partial charge in [0.2, 0.25) is 0 Å². The van der Waals surface area contributed by atoms with Crippen LogP contribution in [0.3, 0.4) is 0 Å². The number of nitrogens with zero attached hydrogens (tertiary/aromatic N) is 5. The number of anilines is 1. The molecule has 0 aliphatic carbocycles. The molecule has 4 heterocycles. The molecule has 2 atom stereocenters. The highest BCUT2D eigenvalue weighted by Gasteiger charge is 2.35. The number of likely N-dealkylation sites (tertiary alicyclic amines) is 1. The van der Waals surface area contributed by atoms with Crippen molar-refractivity contribution < 1.29 is 13.9 Å². The normalized spacial score (nSPS) is 18.7. The summed E-state index contributed by atoms with van der Waals surface area (Å²) in [4.78, 5) is 15.8. The Kier molecular flexibility index (Phi) is 7.36. The van der Waals surface area contributed by atoms with Gasteiger partial charge in [0.05, 0.1) is 18.3 Å². The molecule has 0 spiro atoms. The van der Waals surface area contributed by atoms with Gasteiger partial charge in [-0.05, 0) is 55.7 Å². The number of methoxy groups -OCH3 is 1. The van der Waals surface area contributed by atoms with Gasteiger partial charge in [0.1, 0.15) is 23.0 Å². The quantitative estimate of drug-likeness (QED) is 0.345. The Morgan fingerprint density at radius 1 is 1.10 bits per heavy atom. The molecule has 208 valence electrons. The van der Waals surface area contributed by atoms with Crippen LogP contribution in [-0.2, 0) is 17.7 Å². The van der Waals surface area contributed by atoms with Gasteiger partial charge >= 0.3 is 6.03 Å². The number of rotatable bonds is 8. The van der Waals surface area contributed by atoms with Crippen LogP contribution in [0.5, 0.6) is 0 Å². The summed E-state index contributed by atoms with van der Waals surface area (Å²) >= 11 is 0. The van der Waals surface area contributed by atoms with Crippen molar-refractivity contribution in [2.45, 2.75) is 38.3 Å². The van der Waals surface area contributed by atoms with Gasteiger partial charge in [-0.15, -0.1) is 0 Å². The second-order valence-electron chi connectivity index (χ2n) is 10.5. The van der Waals surface area contributed by atoms with Gasteiger partial charge < -0.3 is 10.1 Å². The van der Waals surface area contributed by atoms with Crippen LogP contribution in [0.4, 0.5) is 15.0 Å². The summed E-state index contributed by atoms with van der Waals surface area (Å²) in [7, 11) is 1.67. The number of hydrogen-bond acceptors (Lipinski definition) is 5. The van der Waals surface area contributed by atoms with Gasteiger partial charge in [0.15, 0.2) is 0 Å². The maximum atomic E-state index is 14.1. The minimum Gasteiger partial charge on any atom is -0.383 e. The summed E-state index contributed by atoms with van der Waals surface area (Å²) in [5.74, 6) is 0.251. The Balaban J connectivity index is 1.27. The predicted octanol–water partition coefficient (Wildman–Crippen LogP) is 4.37. The first kappa shape index (κ1) is 26.2. The van der Waals surface area contributed by atoms with Crippen LogP contribution >= 0.6 is 0 Å². The highest BCUT2D eigenvalue weighted by atomic mass is 19.1. The Hall–Kier alpha value is -4.02. The number of para-hydroxylation sites is 1. The van der Waals surface area contributed by atoms with E-state index in [1.807, 2.05) is 48.0 Å². The van der Waals surface area contributed by atoms with Crippen LogP contribution in [0.25, 0.3) is 17.1 Å². The Labute approximate surface area is 232 Å². The third-order valence-corrected chi connectivity index (χ3v) is 7.86. The molecule has 0 saturated carbocycles. The smallest absolute Gasteiger partial charge is 0.320 e. The van der Waals surface area contributed by atoms with Crippen LogP contribution in [0.2, 0.25) is 0 Å². The summed E-state index contributed by atoms with van der Waals surface area (Å²) in [6.45, 7) is 5.54. The van der Waals surface area contributed by atoms with Crippen LogP contribution in [0.15, 0.2) is 60.7 Å². The van der Waals surface area contributed by atoms with Crippen LogP contribution in [0, 0.1) is 12.7 Å². The maximum absolute atomic E-state index is 14.1. The third kappa shape index (κ3) is 5.24. The topological polar surface area (TPSA) is 89.2 Å². The minimum absolute atomic E-state index is 0.0538. The van der Waals surface area contributed by atoms with E-state index >= 15 is 0 Å². The molecule has 6 rings (SSSR count). The van der Waals surface area contributed by atoms with Crippen LogP contribution < -0.4 is 10.6 Å². The van der Waals surface area contributed by atoms with Gasteiger partial charge in [-0.25, -0.2) is 13.9 Å². The fraction of sp³-hybridized carbons (Fsp3) is 0.367. The zero-order valence-electron chi connectivity index (χ0n) is 22.8. The van der Waals surface area contributed by atoms with Gasteiger partial charge in [-0.3, -0.25) is 14.9 Å². The molecule has 2 aromatic heterocycles. The number of aromatic nitrogens is 4. The van der Waals surface area contributed by atoms with E-state index in [-0.39, 0.29) is 23.8 Å². The molecule has 0 bridgehead atoms. The summed E-state index contributed by atoms with van der Waals surface area (Å²) < 4.78 is 23.2. The molecule has 2 N–H and O–H groups in total. The number of benzene rings is 2.